The minimum atomic E-state index is -2.06. The van der Waals surface area contributed by atoms with Crippen molar-refractivity contribution in [1.29, 1.82) is 0 Å². The van der Waals surface area contributed by atoms with Crippen LogP contribution in [0.3, 0.4) is 0 Å². The molecule has 2 N–H and O–H groups in total. The maximum atomic E-state index is 12.5. The van der Waals surface area contributed by atoms with Gasteiger partial charge in [0.15, 0.2) is 0 Å². The molecule has 0 radical (unpaired) electrons. The number of ether oxygens (including phenoxy) is 1. The van der Waals surface area contributed by atoms with E-state index in [1.54, 1.807) is 0 Å². The molecule has 0 aliphatic heterocycles. The number of rotatable bonds is 4. The van der Waals surface area contributed by atoms with Gasteiger partial charge in [0.1, 0.15) is 18.1 Å². The van der Waals surface area contributed by atoms with E-state index in [0.29, 0.717) is 0 Å². The monoisotopic (exact) mass is 200 g/mol. The Morgan fingerprint density at radius 1 is 1.57 bits per heavy atom. The van der Waals surface area contributed by atoms with Crippen molar-refractivity contribution in [3.8, 4) is 11.5 Å². The number of alkyl halides is 1. The summed E-state index contributed by atoms with van der Waals surface area (Å²) in [6.07, 6.45) is -2.06. The lowest BCUT2D eigenvalue weighted by Crippen LogP contribution is -2.22. The lowest BCUT2D eigenvalue weighted by atomic mass is 10.3. The van der Waals surface area contributed by atoms with Gasteiger partial charge in [0.25, 0.3) is 0 Å². The van der Waals surface area contributed by atoms with Crippen LogP contribution in [0.15, 0.2) is 24.3 Å². The van der Waals surface area contributed by atoms with E-state index in [1.165, 1.54) is 24.3 Å². The second kappa shape index (κ2) is 4.45. The molecule has 1 unspecified atom stereocenters. The predicted molar refractivity (Wildman–Crippen MR) is 46.1 cm³/mol. The van der Waals surface area contributed by atoms with Gasteiger partial charge in [-0.1, -0.05) is 6.07 Å². The van der Waals surface area contributed by atoms with Crippen LogP contribution >= 0.6 is 0 Å². The fourth-order valence-electron chi connectivity index (χ4n) is 0.814. The summed E-state index contributed by atoms with van der Waals surface area (Å²) >= 11 is 0. The Kier molecular flexibility index (Phi) is 3.28. The van der Waals surface area contributed by atoms with Crippen LogP contribution in [0.2, 0.25) is 0 Å². The topological polar surface area (TPSA) is 66.8 Å². The number of carbonyl (C=O) groups is 1. The largest absolute Gasteiger partial charge is 0.508 e. The molecule has 1 atom stereocenters. The van der Waals surface area contributed by atoms with Crippen molar-refractivity contribution in [3.05, 3.63) is 24.3 Å². The molecule has 14 heavy (non-hydrogen) atoms. The zero-order valence-corrected chi connectivity index (χ0v) is 7.18. The Bertz CT molecular complexity index is 326. The maximum Gasteiger partial charge on any atom is 0.341 e. The average Bonchev–Trinajstić information content (AvgIpc) is 2.14. The molecule has 0 fully saturated rings. The molecule has 0 aromatic heterocycles. The molecule has 0 saturated heterocycles. The Labute approximate surface area is 79.6 Å². The van der Waals surface area contributed by atoms with Gasteiger partial charge < -0.3 is 14.9 Å². The standard InChI is InChI=1S/C9H9FO4/c10-8(9(12)13)5-14-7-3-1-2-6(11)4-7/h1-4,8,11H,5H2,(H,12,13). The molecule has 0 aliphatic carbocycles. The quantitative estimate of drug-likeness (QED) is 0.766. The van der Waals surface area contributed by atoms with Gasteiger partial charge in [-0.2, -0.15) is 0 Å². The predicted octanol–water partition coefficient (Wildman–Crippen LogP) is 1.19. The third-order valence-electron chi connectivity index (χ3n) is 1.48. The number of phenols is 1. The molecule has 1 rings (SSSR count). The highest BCUT2D eigenvalue weighted by atomic mass is 19.1. The molecule has 0 saturated carbocycles. The number of hydrogen-bond donors (Lipinski definition) is 2. The van der Waals surface area contributed by atoms with Crippen LogP contribution < -0.4 is 4.74 Å². The van der Waals surface area contributed by atoms with Gasteiger partial charge in [-0.15, -0.1) is 0 Å². The van der Waals surface area contributed by atoms with Crippen molar-refractivity contribution >= 4 is 5.97 Å². The SMILES string of the molecule is O=C(O)C(F)COc1cccc(O)c1. The third kappa shape index (κ3) is 2.93. The van der Waals surface area contributed by atoms with Crippen LogP contribution in [0.4, 0.5) is 4.39 Å². The van der Waals surface area contributed by atoms with Crippen LogP contribution in [0.1, 0.15) is 0 Å². The summed E-state index contributed by atoms with van der Waals surface area (Å²) in [6, 6.07) is 5.71. The van der Waals surface area contributed by atoms with Crippen molar-refractivity contribution in [1.82, 2.24) is 0 Å². The molecule has 1 aromatic carbocycles. The minimum Gasteiger partial charge on any atom is -0.508 e. The summed E-state index contributed by atoms with van der Waals surface area (Å²) in [5.74, 6) is -1.35. The van der Waals surface area contributed by atoms with Gasteiger partial charge in [-0.25, -0.2) is 9.18 Å². The lowest BCUT2D eigenvalue weighted by Gasteiger charge is -2.06. The average molecular weight is 200 g/mol. The van der Waals surface area contributed by atoms with E-state index in [0.717, 1.165) is 0 Å². The molecule has 0 heterocycles. The number of benzene rings is 1. The Morgan fingerprint density at radius 3 is 2.86 bits per heavy atom. The Morgan fingerprint density at radius 2 is 2.29 bits per heavy atom. The molecule has 4 nitrogen and oxygen atoms in total. The number of aliphatic carboxylic acids is 1. The second-order valence-electron chi connectivity index (χ2n) is 2.61. The first-order valence-electron chi connectivity index (χ1n) is 3.88. The third-order valence-corrected chi connectivity index (χ3v) is 1.48. The first kappa shape index (κ1) is 10.3. The Hall–Kier alpha value is -1.78. The fraction of sp³-hybridized carbons (Fsp3) is 0.222. The van der Waals surface area contributed by atoms with Crippen molar-refractivity contribution in [2.24, 2.45) is 0 Å². The van der Waals surface area contributed by atoms with E-state index in [9.17, 15) is 9.18 Å². The van der Waals surface area contributed by atoms with E-state index < -0.39 is 18.7 Å². The molecular weight excluding hydrogens is 191 g/mol. The Balaban J connectivity index is 2.49. The van der Waals surface area contributed by atoms with Crippen LogP contribution in [0, 0.1) is 0 Å². The summed E-state index contributed by atoms with van der Waals surface area (Å²) < 4.78 is 17.3. The highest BCUT2D eigenvalue weighted by Crippen LogP contribution is 2.17. The van der Waals surface area contributed by atoms with Gasteiger partial charge in [0.05, 0.1) is 0 Å². The number of aromatic hydroxyl groups is 1. The summed E-state index contributed by atoms with van der Waals surface area (Å²) in [5.41, 5.74) is 0. The number of halogens is 1. The van der Waals surface area contributed by atoms with Gasteiger partial charge in [-0.05, 0) is 12.1 Å². The van der Waals surface area contributed by atoms with Crippen LogP contribution in [-0.4, -0.2) is 29.0 Å². The first-order chi connectivity index (χ1) is 6.59. The van der Waals surface area contributed by atoms with E-state index >= 15 is 0 Å². The molecule has 1 aromatic rings. The van der Waals surface area contributed by atoms with Crippen LogP contribution in [-0.2, 0) is 4.79 Å². The van der Waals surface area contributed by atoms with E-state index in [4.69, 9.17) is 14.9 Å². The number of hydrogen-bond acceptors (Lipinski definition) is 3. The van der Waals surface area contributed by atoms with Gasteiger partial charge in [-0.3, -0.25) is 0 Å². The molecule has 0 amide bonds. The first-order valence-corrected chi connectivity index (χ1v) is 3.88. The summed E-state index contributed by atoms with van der Waals surface area (Å²) in [7, 11) is 0. The number of carboxylic acid groups (broad SMARTS) is 1. The highest BCUT2D eigenvalue weighted by Gasteiger charge is 2.16. The number of carboxylic acids is 1. The van der Waals surface area contributed by atoms with E-state index in [-0.39, 0.29) is 11.5 Å². The van der Waals surface area contributed by atoms with Crippen LogP contribution in [0.5, 0.6) is 11.5 Å². The fourth-order valence-corrected chi connectivity index (χ4v) is 0.814. The van der Waals surface area contributed by atoms with Crippen molar-refractivity contribution < 1.29 is 24.1 Å². The molecular formula is C9H9FO4. The van der Waals surface area contributed by atoms with Gasteiger partial charge in [0, 0.05) is 6.07 Å². The van der Waals surface area contributed by atoms with Crippen molar-refractivity contribution in [3.63, 3.8) is 0 Å². The van der Waals surface area contributed by atoms with E-state index in [1.807, 2.05) is 0 Å². The second-order valence-corrected chi connectivity index (χ2v) is 2.61. The highest BCUT2D eigenvalue weighted by molar-refractivity contribution is 5.72. The number of phenolic OH excluding ortho intramolecular Hbond substituents is 1. The van der Waals surface area contributed by atoms with E-state index in [2.05, 4.69) is 0 Å². The lowest BCUT2D eigenvalue weighted by molar-refractivity contribution is -0.143. The van der Waals surface area contributed by atoms with Crippen LogP contribution in [0.25, 0.3) is 0 Å². The summed E-state index contributed by atoms with van der Waals surface area (Å²) in [4.78, 5) is 10.1. The molecule has 0 bridgehead atoms. The molecule has 0 aliphatic rings. The van der Waals surface area contributed by atoms with Crippen molar-refractivity contribution in [2.75, 3.05) is 6.61 Å². The summed E-state index contributed by atoms with van der Waals surface area (Å²) in [6.45, 7) is -0.571. The van der Waals surface area contributed by atoms with Gasteiger partial charge in [0.2, 0.25) is 6.17 Å². The molecule has 76 valence electrons. The zero-order valence-electron chi connectivity index (χ0n) is 7.18. The maximum absolute atomic E-state index is 12.5. The van der Waals surface area contributed by atoms with Crippen molar-refractivity contribution in [2.45, 2.75) is 6.17 Å². The zero-order chi connectivity index (χ0) is 10.6. The minimum absolute atomic E-state index is 0.0202. The normalized spacial score (nSPS) is 12.1. The molecule has 0 spiro atoms. The summed E-state index contributed by atoms with van der Waals surface area (Å²) in [5, 5.41) is 17.2. The smallest absolute Gasteiger partial charge is 0.341 e. The van der Waals surface area contributed by atoms with Gasteiger partial charge >= 0.3 is 5.97 Å². The molecule has 5 heteroatoms.